The Balaban J connectivity index is 2.00. The highest BCUT2D eigenvalue weighted by atomic mass is 16.2. The van der Waals surface area contributed by atoms with Gasteiger partial charge in [-0.2, -0.15) is 0 Å². The van der Waals surface area contributed by atoms with Crippen LogP contribution in [0, 0.1) is 0 Å². The average molecular weight is 182 g/mol. The van der Waals surface area contributed by atoms with E-state index in [9.17, 15) is 4.79 Å². The third-order valence-corrected chi connectivity index (χ3v) is 3.04. The molecule has 0 bridgehead atoms. The van der Waals surface area contributed by atoms with Gasteiger partial charge in [-0.25, -0.2) is 0 Å². The van der Waals surface area contributed by atoms with Crippen LogP contribution in [0.5, 0.6) is 0 Å². The number of carbonyl (C=O) groups excluding carboxylic acids is 1. The lowest BCUT2D eigenvalue weighted by Crippen LogP contribution is -2.43. The lowest BCUT2D eigenvalue weighted by molar-refractivity contribution is -0.133. The molecule has 0 unspecified atom stereocenters. The van der Waals surface area contributed by atoms with Crippen LogP contribution in [0.2, 0.25) is 0 Å². The Kier molecular flexibility index (Phi) is 2.28. The maximum Gasteiger partial charge on any atom is 0.239 e. The largest absolute Gasteiger partial charge is 0.347 e. The van der Waals surface area contributed by atoms with Gasteiger partial charge in [0.05, 0.1) is 6.04 Å². The summed E-state index contributed by atoms with van der Waals surface area (Å²) in [4.78, 5) is 15.9. The number of carbonyl (C=O) groups is 1. The summed E-state index contributed by atoms with van der Waals surface area (Å²) in [7, 11) is 3.71. The van der Waals surface area contributed by atoms with Gasteiger partial charge in [-0.05, 0) is 32.2 Å². The molecule has 0 spiro atoms. The maximum atomic E-state index is 11.8. The van der Waals surface area contributed by atoms with Crippen LogP contribution in [0.3, 0.4) is 0 Å². The summed E-state index contributed by atoms with van der Waals surface area (Å²) in [5.74, 6) is 0.296. The highest BCUT2D eigenvalue weighted by Crippen LogP contribution is 2.33. The van der Waals surface area contributed by atoms with Gasteiger partial charge in [0, 0.05) is 20.1 Å². The molecule has 1 aliphatic heterocycles. The van der Waals surface area contributed by atoms with E-state index in [0.717, 1.165) is 19.0 Å². The van der Waals surface area contributed by atoms with E-state index in [2.05, 4.69) is 4.90 Å². The van der Waals surface area contributed by atoms with Gasteiger partial charge in [-0.1, -0.05) is 0 Å². The second-order valence-electron chi connectivity index (χ2n) is 4.36. The zero-order valence-corrected chi connectivity index (χ0v) is 8.49. The molecule has 2 rings (SSSR count). The fourth-order valence-corrected chi connectivity index (χ4v) is 2.20. The summed E-state index contributed by atoms with van der Waals surface area (Å²) >= 11 is 0. The fourth-order valence-electron chi connectivity index (χ4n) is 2.20. The molecule has 3 heteroatoms. The summed E-state index contributed by atoms with van der Waals surface area (Å²) in [5.41, 5.74) is 0. The number of amides is 1. The molecule has 1 amide bonds. The second-order valence-corrected chi connectivity index (χ2v) is 4.36. The number of nitrogens with zero attached hydrogens (tertiary/aromatic N) is 2. The standard InChI is InChI=1S/C10H18N2O/c1-11(2)10(13)9-4-3-7-12(9)8-5-6-8/h8-9H,3-7H2,1-2H3/t9-/m0/s1. The SMILES string of the molecule is CN(C)C(=O)[C@@H]1CCCN1C1CC1. The molecule has 0 radical (unpaired) electrons. The third kappa shape index (κ3) is 1.70. The van der Waals surface area contributed by atoms with Crippen molar-refractivity contribution in [2.75, 3.05) is 20.6 Å². The lowest BCUT2D eigenvalue weighted by Gasteiger charge is -2.25. The van der Waals surface area contributed by atoms with Gasteiger partial charge in [0.1, 0.15) is 0 Å². The van der Waals surface area contributed by atoms with Gasteiger partial charge < -0.3 is 4.90 Å². The minimum atomic E-state index is 0.197. The predicted molar refractivity (Wildman–Crippen MR) is 51.4 cm³/mol. The van der Waals surface area contributed by atoms with E-state index in [1.165, 1.54) is 19.3 Å². The summed E-state index contributed by atoms with van der Waals surface area (Å²) in [5, 5.41) is 0. The quantitative estimate of drug-likeness (QED) is 0.627. The van der Waals surface area contributed by atoms with Crippen LogP contribution >= 0.6 is 0 Å². The van der Waals surface area contributed by atoms with Gasteiger partial charge in [-0.15, -0.1) is 0 Å². The van der Waals surface area contributed by atoms with Crippen LogP contribution in [-0.2, 0) is 4.79 Å². The van der Waals surface area contributed by atoms with E-state index in [-0.39, 0.29) is 6.04 Å². The van der Waals surface area contributed by atoms with E-state index < -0.39 is 0 Å². The topological polar surface area (TPSA) is 23.6 Å². The Hall–Kier alpha value is -0.570. The van der Waals surface area contributed by atoms with Gasteiger partial charge in [0.2, 0.25) is 5.91 Å². The van der Waals surface area contributed by atoms with Gasteiger partial charge in [-0.3, -0.25) is 9.69 Å². The van der Waals surface area contributed by atoms with Crippen LogP contribution < -0.4 is 0 Å². The molecule has 0 aromatic rings. The van der Waals surface area contributed by atoms with Crippen molar-refractivity contribution in [1.29, 1.82) is 0 Å². The summed E-state index contributed by atoms with van der Waals surface area (Å²) < 4.78 is 0. The molecule has 13 heavy (non-hydrogen) atoms. The molecule has 1 saturated carbocycles. The molecule has 1 atom stereocenters. The Labute approximate surface area is 79.7 Å². The molecule has 2 aliphatic rings. The van der Waals surface area contributed by atoms with Crippen molar-refractivity contribution in [2.24, 2.45) is 0 Å². The van der Waals surface area contributed by atoms with Crippen molar-refractivity contribution in [1.82, 2.24) is 9.80 Å². The smallest absolute Gasteiger partial charge is 0.239 e. The molecule has 0 N–H and O–H groups in total. The fraction of sp³-hybridized carbons (Fsp3) is 0.900. The molecule has 1 heterocycles. The normalized spacial score (nSPS) is 29.2. The van der Waals surface area contributed by atoms with E-state index in [1.54, 1.807) is 4.90 Å². The highest BCUT2D eigenvalue weighted by Gasteiger charge is 2.40. The molecule has 1 saturated heterocycles. The minimum absolute atomic E-state index is 0.197. The summed E-state index contributed by atoms with van der Waals surface area (Å²) in [6.07, 6.45) is 4.86. The first-order chi connectivity index (χ1) is 6.20. The van der Waals surface area contributed by atoms with Gasteiger partial charge in [0.25, 0.3) is 0 Å². The minimum Gasteiger partial charge on any atom is -0.347 e. The van der Waals surface area contributed by atoms with Gasteiger partial charge in [0.15, 0.2) is 0 Å². The summed E-state index contributed by atoms with van der Waals surface area (Å²) in [6.45, 7) is 1.13. The average Bonchev–Trinajstić information content (AvgIpc) is 2.83. The number of hydrogen-bond acceptors (Lipinski definition) is 2. The first-order valence-corrected chi connectivity index (χ1v) is 5.17. The van der Waals surface area contributed by atoms with E-state index in [1.807, 2.05) is 14.1 Å². The molecule has 3 nitrogen and oxygen atoms in total. The van der Waals surface area contributed by atoms with Gasteiger partial charge >= 0.3 is 0 Å². The Morgan fingerprint density at radius 3 is 2.54 bits per heavy atom. The Morgan fingerprint density at radius 2 is 2.00 bits per heavy atom. The second kappa shape index (κ2) is 3.29. The van der Waals surface area contributed by atoms with Crippen molar-refractivity contribution in [3.8, 4) is 0 Å². The third-order valence-electron chi connectivity index (χ3n) is 3.04. The molecular formula is C10H18N2O. The number of likely N-dealkylation sites (N-methyl/N-ethyl adjacent to an activating group) is 1. The number of hydrogen-bond donors (Lipinski definition) is 0. The van der Waals surface area contributed by atoms with Crippen LogP contribution in [0.4, 0.5) is 0 Å². The van der Waals surface area contributed by atoms with Crippen molar-refractivity contribution in [3.63, 3.8) is 0 Å². The molecule has 74 valence electrons. The monoisotopic (exact) mass is 182 g/mol. The zero-order valence-electron chi connectivity index (χ0n) is 8.49. The molecule has 0 aromatic heterocycles. The first kappa shape index (κ1) is 9.00. The Bertz CT molecular complexity index is 211. The maximum absolute atomic E-state index is 11.8. The van der Waals surface area contributed by atoms with Crippen molar-refractivity contribution in [2.45, 2.75) is 37.8 Å². The Morgan fingerprint density at radius 1 is 1.31 bits per heavy atom. The molecule has 0 aromatic carbocycles. The van der Waals surface area contributed by atoms with Crippen LogP contribution in [0.15, 0.2) is 0 Å². The van der Waals surface area contributed by atoms with Crippen molar-refractivity contribution >= 4 is 5.91 Å². The van der Waals surface area contributed by atoms with E-state index in [0.29, 0.717) is 5.91 Å². The van der Waals surface area contributed by atoms with Crippen molar-refractivity contribution < 1.29 is 4.79 Å². The molecule has 1 aliphatic carbocycles. The molecular weight excluding hydrogens is 164 g/mol. The van der Waals surface area contributed by atoms with Crippen LogP contribution in [-0.4, -0.2) is 48.4 Å². The molecule has 2 fully saturated rings. The van der Waals surface area contributed by atoms with E-state index in [4.69, 9.17) is 0 Å². The van der Waals surface area contributed by atoms with Crippen LogP contribution in [0.1, 0.15) is 25.7 Å². The lowest BCUT2D eigenvalue weighted by atomic mass is 10.2. The highest BCUT2D eigenvalue weighted by molar-refractivity contribution is 5.81. The zero-order chi connectivity index (χ0) is 9.42. The van der Waals surface area contributed by atoms with Crippen molar-refractivity contribution in [3.05, 3.63) is 0 Å². The number of likely N-dealkylation sites (tertiary alicyclic amines) is 1. The van der Waals surface area contributed by atoms with E-state index >= 15 is 0 Å². The number of rotatable bonds is 2. The first-order valence-electron chi connectivity index (χ1n) is 5.17. The van der Waals surface area contributed by atoms with Crippen LogP contribution in [0.25, 0.3) is 0 Å². The summed E-state index contributed by atoms with van der Waals surface area (Å²) in [6, 6.07) is 0.930. The predicted octanol–water partition coefficient (Wildman–Crippen LogP) is 0.701.